The Kier molecular flexibility index (Phi) is 5.14. The lowest BCUT2D eigenvalue weighted by Crippen LogP contribution is -2.42. The Bertz CT molecular complexity index is 862. The van der Waals surface area contributed by atoms with E-state index in [0.29, 0.717) is 30.6 Å². The molecule has 1 saturated heterocycles. The summed E-state index contributed by atoms with van der Waals surface area (Å²) in [5.74, 6) is 1.02. The lowest BCUT2D eigenvalue weighted by Gasteiger charge is -2.35. The van der Waals surface area contributed by atoms with Gasteiger partial charge in [0.1, 0.15) is 5.54 Å². The van der Waals surface area contributed by atoms with E-state index in [1.807, 2.05) is 36.4 Å². The van der Waals surface area contributed by atoms with Gasteiger partial charge in [-0.1, -0.05) is 60.3 Å². The maximum absolute atomic E-state index is 12.6. The summed E-state index contributed by atoms with van der Waals surface area (Å²) in [5.41, 5.74) is 1.33. The summed E-state index contributed by atoms with van der Waals surface area (Å²) >= 11 is 1.58. The first-order valence-corrected chi connectivity index (χ1v) is 10.0. The summed E-state index contributed by atoms with van der Waals surface area (Å²) in [6.07, 6.45) is 0.949. The fraction of sp³-hybridized carbons (Fsp3) is 0.250. The van der Waals surface area contributed by atoms with Crippen LogP contribution < -0.4 is 5.32 Å². The molecular formula is C20H20BN3O2S. The molecule has 1 amide bonds. The zero-order valence-electron chi connectivity index (χ0n) is 14.9. The van der Waals surface area contributed by atoms with Gasteiger partial charge in [-0.25, -0.2) is 4.99 Å². The number of rotatable bonds is 4. The first-order chi connectivity index (χ1) is 13.2. The molecule has 2 aromatic rings. The standard InChI is InChI=1S/C20H20BN3O2S/c25-14-21-24-11-17-12-27-19(22-18(26)15-7-3-1-4-8-15)23-20(17,13-24)16-9-5-2-6-10-16/h1-10,14,17,21H,11-13H2,(H,22,23,26)/t17-,20+/m0/s1. The molecule has 1 N–H and O–H groups in total. The Morgan fingerprint density at radius 1 is 1.19 bits per heavy atom. The van der Waals surface area contributed by atoms with E-state index in [-0.39, 0.29) is 5.91 Å². The molecule has 0 aliphatic carbocycles. The highest BCUT2D eigenvalue weighted by atomic mass is 32.2. The molecule has 2 aliphatic heterocycles. The van der Waals surface area contributed by atoms with Crippen LogP contribution in [0.3, 0.4) is 0 Å². The number of thioether (sulfide) groups is 1. The van der Waals surface area contributed by atoms with Crippen molar-refractivity contribution < 1.29 is 9.59 Å². The molecule has 27 heavy (non-hydrogen) atoms. The maximum Gasteiger partial charge on any atom is 0.281 e. The number of fused-ring (bicyclic) bond motifs is 1. The van der Waals surface area contributed by atoms with Crippen LogP contribution in [0.2, 0.25) is 0 Å². The third-order valence-electron chi connectivity index (χ3n) is 5.20. The zero-order valence-corrected chi connectivity index (χ0v) is 15.7. The van der Waals surface area contributed by atoms with Gasteiger partial charge < -0.3 is 14.9 Å². The minimum atomic E-state index is -0.422. The highest BCUT2D eigenvalue weighted by Crippen LogP contribution is 2.45. The highest BCUT2D eigenvalue weighted by Gasteiger charge is 2.50. The van der Waals surface area contributed by atoms with Gasteiger partial charge >= 0.3 is 0 Å². The van der Waals surface area contributed by atoms with Crippen molar-refractivity contribution >= 4 is 36.4 Å². The molecule has 2 atom stereocenters. The predicted molar refractivity (Wildman–Crippen MR) is 111 cm³/mol. The van der Waals surface area contributed by atoms with Crippen LogP contribution in [0.5, 0.6) is 0 Å². The number of carbonyl (C=O) groups is 2. The lowest BCUT2D eigenvalue weighted by atomic mass is 9.82. The minimum Gasteiger partial charge on any atom is -0.336 e. The topological polar surface area (TPSA) is 61.8 Å². The second kappa shape index (κ2) is 7.70. The van der Waals surface area contributed by atoms with Crippen LogP contribution in [0.15, 0.2) is 65.7 Å². The number of aliphatic imine (C=N–C) groups is 1. The summed E-state index contributed by atoms with van der Waals surface area (Å²) in [5, 5.41) is 3.63. The van der Waals surface area contributed by atoms with Crippen molar-refractivity contribution in [2.45, 2.75) is 5.54 Å². The first-order valence-electron chi connectivity index (χ1n) is 9.02. The fourth-order valence-corrected chi connectivity index (χ4v) is 5.03. The lowest BCUT2D eigenvalue weighted by molar-refractivity contribution is 0.0977. The first kappa shape index (κ1) is 18.0. The molecule has 0 aromatic heterocycles. The van der Waals surface area contributed by atoms with Crippen LogP contribution in [-0.2, 0) is 10.3 Å². The van der Waals surface area contributed by atoms with E-state index >= 15 is 0 Å². The highest BCUT2D eigenvalue weighted by molar-refractivity contribution is 8.13. The number of amidine groups is 1. The summed E-state index contributed by atoms with van der Waals surface area (Å²) in [6.45, 7) is 1.52. The Labute approximate surface area is 163 Å². The van der Waals surface area contributed by atoms with Gasteiger partial charge in [0.2, 0.25) is 0 Å². The number of hydrogen-bond acceptors (Lipinski definition) is 5. The van der Waals surface area contributed by atoms with E-state index in [4.69, 9.17) is 4.99 Å². The molecule has 1 fully saturated rings. The molecule has 0 spiro atoms. The van der Waals surface area contributed by atoms with Gasteiger partial charge in [-0.3, -0.25) is 4.79 Å². The Morgan fingerprint density at radius 3 is 2.59 bits per heavy atom. The molecule has 0 saturated carbocycles. The van der Waals surface area contributed by atoms with E-state index in [2.05, 4.69) is 22.3 Å². The molecular weight excluding hydrogens is 357 g/mol. The van der Waals surface area contributed by atoms with Gasteiger partial charge in [-0.15, -0.1) is 0 Å². The fourth-order valence-electron chi connectivity index (χ4n) is 3.89. The largest absolute Gasteiger partial charge is 0.336 e. The van der Waals surface area contributed by atoms with Crippen molar-refractivity contribution in [1.82, 2.24) is 10.1 Å². The van der Waals surface area contributed by atoms with Crippen molar-refractivity contribution in [3.8, 4) is 0 Å². The van der Waals surface area contributed by atoms with Crippen molar-refractivity contribution in [3.05, 3.63) is 71.8 Å². The van der Waals surface area contributed by atoms with E-state index < -0.39 is 5.54 Å². The van der Waals surface area contributed by atoms with Crippen LogP contribution in [0.4, 0.5) is 0 Å². The molecule has 2 heterocycles. The molecule has 4 rings (SSSR count). The second-order valence-electron chi connectivity index (χ2n) is 6.90. The summed E-state index contributed by atoms with van der Waals surface area (Å²) < 4.78 is 0. The number of nitrogens with one attached hydrogen (secondary N) is 1. The molecule has 0 bridgehead atoms. The van der Waals surface area contributed by atoms with Crippen LogP contribution in [0.25, 0.3) is 0 Å². The van der Waals surface area contributed by atoms with Crippen LogP contribution in [0, 0.1) is 5.92 Å². The summed E-state index contributed by atoms with van der Waals surface area (Å²) in [4.78, 5) is 30.8. The van der Waals surface area contributed by atoms with Crippen LogP contribution in [0.1, 0.15) is 15.9 Å². The number of benzene rings is 2. The van der Waals surface area contributed by atoms with Crippen molar-refractivity contribution in [3.63, 3.8) is 0 Å². The third-order valence-corrected chi connectivity index (χ3v) is 6.24. The zero-order chi connectivity index (χ0) is 18.7. The normalized spacial score (nSPS) is 24.6. The average molecular weight is 377 g/mol. The van der Waals surface area contributed by atoms with E-state index in [0.717, 1.165) is 24.0 Å². The van der Waals surface area contributed by atoms with Crippen molar-refractivity contribution in [2.75, 3.05) is 18.8 Å². The smallest absolute Gasteiger partial charge is 0.281 e. The molecule has 0 unspecified atom stereocenters. The predicted octanol–water partition coefficient (Wildman–Crippen LogP) is 1.89. The number of amides is 1. The molecule has 136 valence electrons. The van der Waals surface area contributed by atoms with Crippen LogP contribution in [-0.4, -0.2) is 48.3 Å². The quantitative estimate of drug-likeness (QED) is 0.653. The van der Waals surface area contributed by atoms with E-state index in [1.54, 1.807) is 23.9 Å². The minimum absolute atomic E-state index is 0.147. The third kappa shape index (κ3) is 3.57. The van der Waals surface area contributed by atoms with Crippen molar-refractivity contribution in [2.24, 2.45) is 10.9 Å². The monoisotopic (exact) mass is 377 g/mol. The molecule has 0 radical (unpaired) electrons. The Hall–Kier alpha value is -2.38. The van der Waals surface area contributed by atoms with Gasteiger partial charge in [0.25, 0.3) is 13.3 Å². The van der Waals surface area contributed by atoms with Gasteiger partial charge in [0, 0.05) is 23.8 Å². The number of nitrogens with zero attached hydrogens (tertiary/aromatic N) is 2. The Morgan fingerprint density at radius 2 is 1.89 bits per heavy atom. The van der Waals surface area contributed by atoms with E-state index in [9.17, 15) is 9.59 Å². The van der Waals surface area contributed by atoms with Gasteiger partial charge in [-0.05, 0) is 24.2 Å². The summed E-state index contributed by atoms with van der Waals surface area (Å²) in [6, 6.07) is 19.4. The van der Waals surface area contributed by atoms with Crippen molar-refractivity contribution in [1.29, 1.82) is 0 Å². The second-order valence-corrected chi connectivity index (χ2v) is 7.90. The Balaban J connectivity index is 1.65. The van der Waals surface area contributed by atoms with Gasteiger partial charge in [-0.2, -0.15) is 0 Å². The number of carbonyl (C=O) groups excluding carboxylic acids is 2. The molecule has 5 nitrogen and oxygen atoms in total. The average Bonchev–Trinajstić information content (AvgIpc) is 3.08. The molecule has 2 aliphatic rings. The molecule has 2 aromatic carbocycles. The van der Waals surface area contributed by atoms with E-state index in [1.165, 1.54) is 0 Å². The maximum atomic E-state index is 12.6. The number of hydrogen-bond donors (Lipinski definition) is 1. The summed E-state index contributed by atoms with van der Waals surface area (Å²) in [7, 11) is 0.414. The van der Waals surface area contributed by atoms with Gasteiger partial charge in [0.05, 0.1) is 6.19 Å². The molecule has 7 heteroatoms. The SMILES string of the molecule is O=CBN1C[C@H]2CSC(NC(=O)c3ccccc3)=N[C@@]2(c2ccccc2)C1. The van der Waals surface area contributed by atoms with Crippen LogP contribution >= 0.6 is 11.8 Å². The van der Waals surface area contributed by atoms with Gasteiger partial charge in [0.15, 0.2) is 5.17 Å².